The zero-order chi connectivity index (χ0) is 19.2. The zero-order valence-corrected chi connectivity index (χ0v) is 16.6. The van der Waals surface area contributed by atoms with Crippen LogP contribution in [-0.2, 0) is 17.8 Å². The molecule has 0 unspecified atom stereocenters. The molecule has 0 bridgehead atoms. The van der Waals surface area contributed by atoms with Gasteiger partial charge in [0.2, 0.25) is 11.1 Å². The number of rotatable bonds is 7. The second-order valence-corrected chi connectivity index (χ2v) is 7.79. The molecule has 3 aromatic rings. The molecule has 2 aromatic carbocycles. The molecule has 2 N–H and O–H groups in total. The van der Waals surface area contributed by atoms with E-state index in [-0.39, 0.29) is 11.2 Å². The van der Waals surface area contributed by atoms with Crippen LogP contribution in [0.3, 0.4) is 0 Å². The van der Waals surface area contributed by atoms with E-state index < -0.39 is 0 Å². The first kappa shape index (κ1) is 19.2. The molecule has 1 atom stereocenters. The van der Waals surface area contributed by atoms with Crippen molar-refractivity contribution < 1.29 is 4.79 Å². The Morgan fingerprint density at radius 1 is 1.11 bits per heavy atom. The van der Waals surface area contributed by atoms with Gasteiger partial charge in [0.25, 0.3) is 0 Å². The number of nitrogens with zero attached hydrogens (tertiary/aromatic N) is 2. The zero-order valence-electron chi connectivity index (χ0n) is 15.8. The number of hydrogen-bond donors (Lipinski definition) is 2. The van der Waals surface area contributed by atoms with Crippen LogP contribution in [0.2, 0.25) is 0 Å². The molecule has 0 aliphatic carbocycles. The highest BCUT2D eigenvalue weighted by Gasteiger charge is 2.17. The Hall–Kier alpha value is -2.60. The van der Waals surface area contributed by atoms with Gasteiger partial charge in [-0.15, -0.1) is 5.10 Å². The van der Waals surface area contributed by atoms with E-state index in [1.807, 2.05) is 50.2 Å². The number of aromatic nitrogens is 3. The predicted molar refractivity (Wildman–Crippen MR) is 110 cm³/mol. The van der Waals surface area contributed by atoms with Gasteiger partial charge < -0.3 is 5.32 Å². The molecule has 0 saturated heterocycles. The summed E-state index contributed by atoms with van der Waals surface area (Å²) in [6.45, 7) is 6.56. The molecule has 0 spiro atoms. The predicted octanol–water partition coefficient (Wildman–Crippen LogP) is 4.14. The summed E-state index contributed by atoms with van der Waals surface area (Å²) in [5.41, 5.74) is 4.57. The number of amides is 1. The highest BCUT2D eigenvalue weighted by molar-refractivity contribution is 8.00. The van der Waals surface area contributed by atoms with Gasteiger partial charge in [0.1, 0.15) is 0 Å². The van der Waals surface area contributed by atoms with Gasteiger partial charge in [-0.3, -0.25) is 9.89 Å². The lowest BCUT2D eigenvalue weighted by Gasteiger charge is -2.10. The van der Waals surface area contributed by atoms with Crippen LogP contribution in [0.25, 0.3) is 11.4 Å². The fourth-order valence-electron chi connectivity index (χ4n) is 2.58. The van der Waals surface area contributed by atoms with Gasteiger partial charge in [-0.05, 0) is 31.4 Å². The second kappa shape index (κ2) is 8.86. The molecule has 0 fully saturated rings. The van der Waals surface area contributed by atoms with Crippen molar-refractivity contribution in [3.8, 4) is 11.4 Å². The third kappa shape index (κ3) is 5.20. The van der Waals surface area contributed by atoms with E-state index in [4.69, 9.17) is 0 Å². The van der Waals surface area contributed by atoms with Gasteiger partial charge in [0.05, 0.1) is 5.25 Å². The van der Waals surface area contributed by atoms with Crippen molar-refractivity contribution in [1.29, 1.82) is 0 Å². The molecule has 1 amide bonds. The van der Waals surface area contributed by atoms with Gasteiger partial charge in [-0.1, -0.05) is 72.8 Å². The fraction of sp³-hybridized carbons (Fsp3) is 0.286. The molecular weight excluding hydrogens is 356 g/mol. The average molecular weight is 381 g/mol. The van der Waals surface area contributed by atoms with Crippen LogP contribution in [0.5, 0.6) is 0 Å². The number of carbonyl (C=O) groups is 1. The van der Waals surface area contributed by atoms with Crippen LogP contribution in [0, 0.1) is 6.92 Å². The second-order valence-electron chi connectivity index (χ2n) is 6.48. The smallest absolute Gasteiger partial charge is 0.233 e. The molecule has 140 valence electrons. The molecule has 0 radical (unpaired) electrons. The van der Waals surface area contributed by atoms with E-state index in [2.05, 4.69) is 39.6 Å². The molecule has 5 nitrogen and oxygen atoms in total. The Bertz CT molecular complexity index is 887. The first-order valence-corrected chi connectivity index (χ1v) is 9.94. The summed E-state index contributed by atoms with van der Waals surface area (Å²) in [7, 11) is 0. The molecule has 3 rings (SSSR count). The number of benzene rings is 2. The minimum atomic E-state index is -0.276. The van der Waals surface area contributed by atoms with Crippen LogP contribution >= 0.6 is 11.8 Å². The minimum Gasteiger partial charge on any atom is -0.351 e. The summed E-state index contributed by atoms with van der Waals surface area (Å²) < 4.78 is 0. The molecule has 0 aliphatic rings. The van der Waals surface area contributed by atoms with Gasteiger partial charge >= 0.3 is 0 Å². The number of thioether (sulfide) groups is 1. The normalized spacial score (nSPS) is 12.0. The van der Waals surface area contributed by atoms with Crippen molar-refractivity contribution in [2.45, 2.75) is 44.1 Å². The van der Waals surface area contributed by atoms with Crippen LogP contribution < -0.4 is 5.32 Å². The van der Waals surface area contributed by atoms with Gasteiger partial charge in [0.15, 0.2) is 5.82 Å². The maximum absolute atomic E-state index is 12.3. The van der Waals surface area contributed by atoms with Crippen molar-refractivity contribution in [2.75, 3.05) is 0 Å². The van der Waals surface area contributed by atoms with Crippen LogP contribution in [-0.4, -0.2) is 26.3 Å². The standard InChI is InChI=1S/C21H24N4OS/c1-4-16-9-11-18(12-10-16)19-23-21(25-24-19)27-15(3)20(26)22-13-17-7-5-14(2)6-8-17/h5-12,15H,4,13H2,1-3H3,(H,22,26)(H,23,24,25)/t15-/m0/s1. The number of aromatic amines is 1. The van der Waals surface area contributed by atoms with Crippen molar-refractivity contribution in [3.05, 3.63) is 65.2 Å². The molecule has 1 aromatic heterocycles. The first-order valence-electron chi connectivity index (χ1n) is 9.06. The number of carbonyl (C=O) groups excluding carboxylic acids is 1. The Morgan fingerprint density at radius 2 is 1.78 bits per heavy atom. The van der Waals surface area contributed by atoms with E-state index in [0.29, 0.717) is 17.5 Å². The third-order valence-corrected chi connectivity index (χ3v) is 5.30. The molecular formula is C21H24N4OS. The highest BCUT2D eigenvalue weighted by Crippen LogP contribution is 2.23. The molecule has 1 heterocycles. The summed E-state index contributed by atoms with van der Waals surface area (Å²) in [5, 5.41) is 10.4. The maximum atomic E-state index is 12.3. The number of hydrogen-bond acceptors (Lipinski definition) is 4. The Labute approximate surface area is 164 Å². The largest absolute Gasteiger partial charge is 0.351 e. The maximum Gasteiger partial charge on any atom is 0.233 e. The van der Waals surface area contributed by atoms with E-state index >= 15 is 0 Å². The topological polar surface area (TPSA) is 70.7 Å². The van der Waals surface area contributed by atoms with Crippen LogP contribution in [0.1, 0.15) is 30.5 Å². The molecule has 0 saturated carbocycles. The molecule has 0 aliphatic heterocycles. The average Bonchev–Trinajstić information content (AvgIpc) is 3.15. The van der Waals surface area contributed by atoms with Crippen molar-refractivity contribution in [1.82, 2.24) is 20.5 Å². The van der Waals surface area contributed by atoms with Crippen molar-refractivity contribution in [2.24, 2.45) is 0 Å². The summed E-state index contributed by atoms with van der Waals surface area (Å²) in [6.07, 6.45) is 1.01. The first-order chi connectivity index (χ1) is 13.0. The number of nitrogens with one attached hydrogen (secondary N) is 2. The lowest BCUT2D eigenvalue weighted by atomic mass is 10.1. The summed E-state index contributed by atoms with van der Waals surface area (Å²) in [4.78, 5) is 16.8. The van der Waals surface area contributed by atoms with Crippen molar-refractivity contribution in [3.63, 3.8) is 0 Å². The van der Waals surface area contributed by atoms with Gasteiger partial charge in [-0.2, -0.15) is 0 Å². The lowest BCUT2D eigenvalue weighted by molar-refractivity contribution is -0.120. The number of aryl methyl sites for hydroxylation is 2. The lowest BCUT2D eigenvalue weighted by Crippen LogP contribution is -2.30. The molecule has 6 heteroatoms. The molecule has 27 heavy (non-hydrogen) atoms. The summed E-state index contributed by atoms with van der Waals surface area (Å²) >= 11 is 1.35. The van der Waals surface area contributed by atoms with Crippen LogP contribution in [0.4, 0.5) is 0 Å². The van der Waals surface area contributed by atoms with E-state index in [1.165, 1.54) is 22.9 Å². The fourth-order valence-corrected chi connectivity index (χ4v) is 3.33. The quantitative estimate of drug-likeness (QED) is 0.604. The van der Waals surface area contributed by atoms with Gasteiger partial charge in [-0.25, -0.2) is 4.98 Å². The van der Waals surface area contributed by atoms with E-state index in [1.54, 1.807) is 0 Å². The Kier molecular flexibility index (Phi) is 6.29. The monoisotopic (exact) mass is 380 g/mol. The van der Waals surface area contributed by atoms with E-state index in [0.717, 1.165) is 17.5 Å². The van der Waals surface area contributed by atoms with Crippen LogP contribution in [0.15, 0.2) is 53.7 Å². The summed E-state index contributed by atoms with van der Waals surface area (Å²) in [6, 6.07) is 16.4. The minimum absolute atomic E-state index is 0.0285. The van der Waals surface area contributed by atoms with Gasteiger partial charge in [0, 0.05) is 12.1 Å². The van der Waals surface area contributed by atoms with E-state index in [9.17, 15) is 4.79 Å². The summed E-state index contributed by atoms with van der Waals surface area (Å²) in [5.74, 6) is 0.687. The third-order valence-electron chi connectivity index (χ3n) is 4.34. The number of H-pyrrole nitrogens is 1. The highest BCUT2D eigenvalue weighted by atomic mass is 32.2. The Morgan fingerprint density at radius 3 is 2.44 bits per heavy atom. The SMILES string of the molecule is CCc1ccc(-c2nc(S[C@@H](C)C(=O)NCc3ccc(C)cc3)n[nH]2)cc1. The Balaban J connectivity index is 1.55. The van der Waals surface area contributed by atoms with Crippen molar-refractivity contribution >= 4 is 17.7 Å².